The van der Waals surface area contributed by atoms with Crippen LogP contribution in [0.4, 0.5) is 0 Å². The largest absolute Gasteiger partial charge is 0.467 e. The summed E-state index contributed by atoms with van der Waals surface area (Å²) in [6.45, 7) is 1.67. The first-order valence-corrected chi connectivity index (χ1v) is 2.89. The third-order valence-electron chi connectivity index (χ3n) is 1.26. The normalized spacial score (nSPS) is 20.1. The van der Waals surface area contributed by atoms with Crippen molar-refractivity contribution in [3.05, 3.63) is 0 Å². The summed E-state index contributed by atoms with van der Waals surface area (Å²) in [6.07, 6.45) is -0.282. The van der Waals surface area contributed by atoms with Gasteiger partial charge in [0.25, 0.3) is 0 Å². The van der Waals surface area contributed by atoms with Crippen LogP contribution in [0.2, 0.25) is 0 Å². The lowest BCUT2D eigenvalue weighted by Gasteiger charge is -2.05. The summed E-state index contributed by atoms with van der Waals surface area (Å²) in [6, 6.07) is 0. The van der Waals surface area contributed by atoms with Crippen molar-refractivity contribution >= 4 is 5.97 Å². The summed E-state index contributed by atoms with van der Waals surface area (Å²) in [5.74, 6) is -0.243. The molecule has 9 heavy (non-hydrogen) atoms. The van der Waals surface area contributed by atoms with Crippen molar-refractivity contribution in [1.82, 2.24) is 10.6 Å². The molecule has 0 aromatic heterocycles. The van der Waals surface area contributed by atoms with Gasteiger partial charge < -0.3 is 4.74 Å². The summed E-state index contributed by atoms with van der Waals surface area (Å²) >= 11 is 0. The van der Waals surface area contributed by atoms with Crippen LogP contribution < -0.4 is 10.6 Å². The maximum atomic E-state index is 10.7. The molecule has 0 radical (unpaired) electrons. The van der Waals surface area contributed by atoms with Gasteiger partial charge in [-0.15, -0.1) is 0 Å². The van der Waals surface area contributed by atoms with Crippen LogP contribution in [-0.4, -0.2) is 32.3 Å². The third kappa shape index (κ3) is 1.40. The number of nitrogens with one attached hydrogen (secondary N) is 2. The van der Waals surface area contributed by atoms with E-state index in [1.54, 1.807) is 0 Å². The molecule has 0 spiro atoms. The number of methoxy groups -OCH3 is 1. The molecule has 1 fully saturated rings. The van der Waals surface area contributed by atoms with E-state index >= 15 is 0 Å². The van der Waals surface area contributed by atoms with Crippen molar-refractivity contribution in [2.75, 3.05) is 20.2 Å². The predicted molar refractivity (Wildman–Crippen MR) is 31.8 cm³/mol. The number of hydrogen-bond donors (Lipinski definition) is 2. The van der Waals surface area contributed by atoms with Gasteiger partial charge in [-0.2, -0.15) is 0 Å². The van der Waals surface area contributed by atoms with E-state index in [-0.39, 0.29) is 12.1 Å². The molecule has 0 unspecified atom stereocenters. The molecular weight excluding hydrogens is 120 g/mol. The summed E-state index contributed by atoms with van der Waals surface area (Å²) < 4.78 is 4.47. The maximum absolute atomic E-state index is 10.7. The van der Waals surface area contributed by atoms with Crippen LogP contribution in [-0.2, 0) is 9.53 Å². The molecule has 0 atom stereocenters. The Kier molecular flexibility index (Phi) is 2.02. The lowest BCUT2D eigenvalue weighted by Crippen LogP contribution is -2.40. The minimum absolute atomic E-state index is 0.243. The van der Waals surface area contributed by atoms with Crippen LogP contribution in [0, 0.1) is 0 Å². The number of carbonyl (C=O) groups excluding carboxylic acids is 1. The van der Waals surface area contributed by atoms with Gasteiger partial charge in [-0.1, -0.05) is 0 Å². The summed E-state index contributed by atoms with van der Waals surface area (Å²) in [5.41, 5.74) is 0. The summed E-state index contributed by atoms with van der Waals surface area (Å²) in [7, 11) is 1.38. The molecule has 0 aromatic rings. The summed E-state index contributed by atoms with van der Waals surface area (Å²) in [5, 5.41) is 5.84. The Morgan fingerprint density at radius 2 is 2.11 bits per heavy atom. The highest BCUT2D eigenvalue weighted by Gasteiger charge is 2.20. The van der Waals surface area contributed by atoms with Crippen molar-refractivity contribution in [3.63, 3.8) is 0 Å². The van der Waals surface area contributed by atoms with Crippen LogP contribution in [0.5, 0.6) is 0 Å². The lowest BCUT2D eigenvalue weighted by atomic mass is 10.5. The maximum Gasteiger partial charge on any atom is 0.337 e. The Morgan fingerprint density at radius 3 is 2.56 bits per heavy atom. The van der Waals surface area contributed by atoms with Crippen LogP contribution in [0.3, 0.4) is 0 Å². The van der Waals surface area contributed by atoms with E-state index in [2.05, 4.69) is 15.4 Å². The van der Waals surface area contributed by atoms with Crippen LogP contribution in [0.1, 0.15) is 0 Å². The smallest absolute Gasteiger partial charge is 0.337 e. The predicted octanol–water partition coefficient (Wildman–Crippen LogP) is -1.32. The van der Waals surface area contributed by atoms with Crippen LogP contribution >= 0.6 is 0 Å². The molecule has 0 aromatic carbocycles. The van der Waals surface area contributed by atoms with Gasteiger partial charge in [0.05, 0.1) is 7.11 Å². The lowest BCUT2D eigenvalue weighted by molar-refractivity contribution is -0.143. The Labute approximate surface area is 53.6 Å². The highest BCUT2D eigenvalue weighted by molar-refractivity contribution is 5.75. The number of esters is 1. The molecule has 1 rings (SSSR count). The molecule has 0 amide bonds. The minimum atomic E-state index is -0.282. The highest BCUT2D eigenvalue weighted by Crippen LogP contribution is 1.86. The van der Waals surface area contributed by atoms with Crippen molar-refractivity contribution < 1.29 is 9.53 Å². The average Bonchev–Trinajstić information content (AvgIpc) is 2.37. The third-order valence-corrected chi connectivity index (χ3v) is 1.26. The monoisotopic (exact) mass is 130 g/mol. The Bertz CT molecular complexity index is 110. The van der Waals surface area contributed by atoms with E-state index in [9.17, 15) is 4.79 Å². The van der Waals surface area contributed by atoms with Crippen molar-refractivity contribution in [2.24, 2.45) is 0 Å². The molecule has 4 heteroatoms. The zero-order valence-electron chi connectivity index (χ0n) is 5.31. The molecule has 2 N–H and O–H groups in total. The SMILES string of the molecule is COC(=O)C1NCCN1. The van der Waals surface area contributed by atoms with Crippen LogP contribution in [0.15, 0.2) is 0 Å². The van der Waals surface area contributed by atoms with Gasteiger partial charge in [-0.05, 0) is 0 Å². The van der Waals surface area contributed by atoms with Gasteiger partial charge >= 0.3 is 5.97 Å². The Balaban J connectivity index is 2.32. The van der Waals surface area contributed by atoms with Gasteiger partial charge in [-0.3, -0.25) is 10.6 Å². The van der Waals surface area contributed by atoms with Crippen LogP contribution in [0.25, 0.3) is 0 Å². The zero-order chi connectivity index (χ0) is 6.69. The fourth-order valence-electron chi connectivity index (χ4n) is 0.790. The molecule has 1 heterocycles. The van der Waals surface area contributed by atoms with E-state index in [1.807, 2.05) is 0 Å². The second kappa shape index (κ2) is 2.80. The summed E-state index contributed by atoms with van der Waals surface area (Å²) in [4.78, 5) is 10.7. The Morgan fingerprint density at radius 1 is 1.56 bits per heavy atom. The Hall–Kier alpha value is -0.610. The molecule has 0 aliphatic carbocycles. The number of ether oxygens (including phenoxy) is 1. The average molecular weight is 130 g/mol. The number of hydrogen-bond acceptors (Lipinski definition) is 4. The first-order chi connectivity index (χ1) is 4.34. The molecule has 1 aliphatic heterocycles. The van der Waals surface area contributed by atoms with Gasteiger partial charge in [0.1, 0.15) is 0 Å². The standard InChI is InChI=1S/C5H10N2O2/c1-9-5(8)4-6-2-3-7-4/h4,6-7H,2-3H2,1H3. The van der Waals surface area contributed by atoms with E-state index < -0.39 is 0 Å². The number of rotatable bonds is 1. The molecule has 4 nitrogen and oxygen atoms in total. The van der Waals surface area contributed by atoms with Gasteiger partial charge in [-0.25, -0.2) is 4.79 Å². The zero-order valence-corrected chi connectivity index (χ0v) is 5.31. The quantitative estimate of drug-likeness (QED) is 0.432. The van der Waals surface area contributed by atoms with Crippen molar-refractivity contribution in [1.29, 1.82) is 0 Å². The first-order valence-electron chi connectivity index (χ1n) is 2.89. The minimum Gasteiger partial charge on any atom is -0.467 e. The van der Waals surface area contributed by atoms with E-state index in [0.717, 1.165) is 13.1 Å². The van der Waals surface area contributed by atoms with Crippen molar-refractivity contribution in [2.45, 2.75) is 6.17 Å². The fraction of sp³-hybridized carbons (Fsp3) is 0.800. The van der Waals surface area contributed by atoms with Gasteiger partial charge in [0.15, 0.2) is 6.17 Å². The molecule has 1 saturated heterocycles. The highest BCUT2D eigenvalue weighted by atomic mass is 16.5. The van der Waals surface area contributed by atoms with E-state index in [0.29, 0.717) is 0 Å². The molecule has 1 aliphatic rings. The fourth-order valence-corrected chi connectivity index (χ4v) is 0.790. The first kappa shape index (κ1) is 6.51. The molecule has 0 saturated carbocycles. The van der Waals surface area contributed by atoms with Crippen molar-refractivity contribution in [3.8, 4) is 0 Å². The second-order valence-electron chi connectivity index (χ2n) is 1.86. The molecule has 52 valence electrons. The molecular formula is C5H10N2O2. The van der Waals surface area contributed by atoms with E-state index in [4.69, 9.17) is 0 Å². The van der Waals surface area contributed by atoms with Gasteiger partial charge in [0.2, 0.25) is 0 Å². The topological polar surface area (TPSA) is 50.4 Å². The van der Waals surface area contributed by atoms with Gasteiger partial charge in [0, 0.05) is 13.1 Å². The second-order valence-corrected chi connectivity index (χ2v) is 1.86. The number of carbonyl (C=O) groups is 1. The molecule has 0 bridgehead atoms. The van der Waals surface area contributed by atoms with E-state index in [1.165, 1.54) is 7.11 Å².